The second-order valence-electron chi connectivity index (χ2n) is 2.03. The first-order valence-corrected chi connectivity index (χ1v) is 3.45. The zero-order valence-electron chi connectivity index (χ0n) is 6.47. The summed E-state index contributed by atoms with van der Waals surface area (Å²) >= 11 is 0. The van der Waals surface area contributed by atoms with Gasteiger partial charge in [0.25, 0.3) is 6.39 Å². The lowest BCUT2D eigenvalue weighted by atomic mass is 10.3. The lowest BCUT2D eigenvalue weighted by Crippen LogP contribution is -1.79. The smallest absolute Gasteiger partial charge is 0.283 e. The van der Waals surface area contributed by atoms with Gasteiger partial charge in [-0.1, -0.05) is 18.2 Å². The molecule has 2 aromatic rings. The molecule has 1 aromatic heterocycles. The number of anilines is 1. The molecule has 0 aliphatic rings. The van der Waals surface area contributed by atoms with E-state index in [-0.39, 0.29) is 0 Å². The van der Waals surface area contributed by atoms with E-state index in [0.29, 0.717) is 0 Å². The number of oxazole rings is 1. The van der Waals surface area contributed by atoms with Gasteiger partial charge in [-0.3, -0.25) is 0 Å². The van der Waals surface area contributed by atoms with E-state index in [2.05, 4.69) is 15.8 Å². The average Bonchev–Trinajstić information content (AvgIpc) is 2.62. The standard InChI is InChI=1S/C6H7N.C3H2NO/c7-6-4-2-1-3-5-6;1-2-5-3-4-1/h1-5H,7H2;1-2H. The Morgan fingerprint density at radius 3 is 2.25 bits per heavy atom. The van der Waals surface area contributed by atoms with Crippen LogP contribution in [0.1, 0.15) is 0 Å². The van der Waals surface area contributed by atoms with E-state index in [0.717, 1.165) is 5.69 Å². The number of rotatable bonds is 0. The van der Waals surface area contributed by atoms with Crippen LogP contribution >= 0.6 is 0 Å². The summed E-state index contributed by atoms with van der Waals surface area (Å²) in [7, 11) is 0. The van der Waals surface area contributed by atoms with E-state index >= 15 is 0 Å². The summed E-state index contributed by atoms with van der Waals surface area (Å²) in [5.41, 5.74) is 6.18. The van der Waals surface area contributed by atoms with Crippen LogP contribution in [0.3, 0.4) is 0 Å². The fourth-order valence-electron chi connectivity index (χ4n) is 0.605. The highest BCUT2D eigenvalue weighted by Crippen LogP contribution is 1.95. The lowest BCUT2D eigenvalue weighted by Gasteiger charge is -1.83. The van der Waals surface area contributed by atoms with Crippen LogP contribution in [0.2, 0.25) is 0 Å². The van der Waals surface area contributed by atoms with Gasteiger partial charge in [-0.15, -0.1) is 0 Å². The van der Waals surface area contributed by atoms with Crippen LogP contribution in [-0.4, -0.2) is 4.98 Å². The zero-order valence-corrected chi connectivity index (χ0v) is 6.47. The topological polar surface area (TPSA) is 52.0 Å². The Morgan fingerprint density at radius 2 is 2.00 bits per heavy atom. The van der Waals surface area contributed by atoms with Crippen LogP contribution in [0, 0.1) is 6.39 Å². The first kappa shape index (κ1) is 8.33. The second kappa shape index (κ2) is 4.96. The van der Waals surface area contributed by atoms with Crippen molar-refractivity contribution in [3.05, 3.63) is 49.2 Å². The quantitative estimate of drug-likeness (QED) is 0.599. The fourth-order valence-corrected chi connectivity index (χ4v) is 0.605. The number of benzene rings is 1. The number of para-hydroxylation sites is 1. The van der Waals surface area contributed by atoms with Gasteiger partial charge in [0, 0.05) is 5.69 Å². The molecule has 3 heteroatoms. The minimum Gasteiger partial charge on any atom is -0.441 e. The third-order valence-corrected chi connectivity index (χ3v) is 1.11. The molecule has 12 heavy (non-hydrogen) atoms. The van der Waals surface area contributed by atoms with Gasteiger partial charge in [0.05, 0.1) is 6.20 Å². The molecule has 0 saturated carbocycles. The SMILES string of the molecule is Nc1ccccc1.[c]1ncco1. The molecule has 0 aliphatic carbocycles. The van der Waals surface area contributed by atoms with Crippen LogP contribution in [0.4, 0.5) is 5.69 Å². The van der Waals surface area contributed by atoms with Gasteiger partial charge in [-0.2, -0.15) is 0 Å². The Balaban J connectivity index is 0.000000127. The monoisotopic (exact) mass is 161 g/mol. The molecule has 2 rings (SSSR count). The summed E-state index contributed by atoms with van der Waals surface area (Å²) in [5.74, 6) is 0. The largest absolute Gasteiger partial charge is 0.441 e. The first-order valence-electron chi connectivity index (χ1n) is 3.45. The molecule has 3 nitrogen and oxygen atoms in total. The summed E-state index contributed by atoms with van der Waals surface area (Å²) < 4.78 is 4.35. The zero-order chi connectivity index (χ0) is 8.65. The third kappa shape index (κ3) is 3.41. The summed E-state index contributed by atoms with van der Waals surface area (Å²) in [5, 5.41) is 0. The molecule has 0 amide bonds. The highest BCUT2D eigenvalue weighted by molar-refractivity contribution is 5.35. The highest BCUT2D eigenvalue weighted by atomic mass is 16.3. The Morgan fingerprint density at radius 1 is 1.25 bits per heavy atom. The molecular weight excluding hydrogens is 152 g/mol. The van der Waals surface area contributed by atoms with E-state index in [1.807, 2.05) is 30.3 Å². The van der Waals surface area contributed by atoms with Crippen molar-refractivity contribution in [3.63, 3.8) is 0 Å². The number of nitrogens with two attached hydrogens (primary N) is 1. The van der Waals surface area contributed by atoms with Gasteiger partial charge in [-0.05, 0) is 12.1 Å². The van der Waals surface area contributed by atoms with E-state index < -0.39 is 0 Å². The van der Waals surface area contributed by atoms with Crippen LogP contribution in [0.15, 0.2) is 47.2 Å². The van der Waals surface area contributed by atoms with Gasteiger partial charge in [0.2, 0.25) is 0 Å². The van der Waals surface area contributed by atoms with Crippen molar-refractivity contribution < 1.29 is 4.42 Å². The highest BCUT2D eigenvalue weighted by Gasteiger charge is 1.72. The number of nitrogens with zero attached hydrogens (tertiary/aromatic N) is 1. The maximum atomic E-state index is 5.36. The van der Waals surface area contributed by atoms with Gasteiger partial charge in [0.1, 0.15) is 6.26 Å². The Labute approximate surface area is 70.8 Å². The number of aromatic nitrogens is 1. The predicted octanol–water partition coefficient (Wildman–Crippen LogP) is 1.74. The summed E-state index contributed by atoms with van der Waals surface area (Å²) in [6.45, 7) is 0. The number of nitrogen functional groups attached to an aromatic ring is 1. The Kier molecular flexibility index (Phi) is 3.44. The minimum absolute atomic E-state index is 0.822. The summed E-state index contributed by atoms with van der Waals surface area (Å²) in [6.07, 6.45) is 5.22. The van der Waals surface area contributed by atoms with Crippen LogP contribution < -0.4 is 5.73 Å². The number of hydrogen-bond acceptors (Lipinski definition) is 3. The molecule has 0 aliphatic heterocycles. The van der Waals surface area contributed by atoms with Crippen molar-refractivity contribution in [3.8, 4) is 0 Å². The second-order valence-corrected chi connectivity index (χ2v) is 2.03. The van der Waals surface area contributed by atoms with Gasteiger partial charge < -0.3 is 10.2 Å². The van der Waals surface area contributed by atoms with Gasteiger partial charge in [-0.25, -0.2) is 4.98 Å². The molecule has 61 valence electrons. The molecule has 0 fully saturated rings. The van der Waals surface area contributed by atoms with E-state index in [9.17, 15) is 0 Å². The van der Waals surface area contributed by atoms with Crippen molar-refractivity contribution in [2.75, 3.05) is 5.73 Å². The molecule has 0 bridgehead atoms. The van der Waals surface area contributed by atoms with E-state index in [1.165, 1.54) is 12.5 Å². The molecule has 0 spiro atoms. The van der Waals surface area contributed by atoms with E-state index in [1.54, 1.807) is 0 Å². The number of hydrogen-bond donors (Lipinski definition) is 1. The van der Waals surface area contributed by atoms with Crippen LogP contribution in [0.5, 0.6) is 0 Å². The predicted molar refractivity (Wildman–Crippen MR) is 46.2 cm³/mol. The lowest BCUT2D eigenvalue weighted by molar-refractivity contribution is 0.548. The van der Waals surface area contributed by atoms with Crippen molar-refractivity contribution in [1.82, 2.24) is 4.98 Å². The first-order chi connectivity index (χ1) is 5.89. The van der Waals surface area contributed by atoms with Gasteiger partial charge >= 0.3 is 0 Å². The molecule has 2 N–H and O–H groups in total. The fraction of sp³-hybridized carbons (Fsp3) is 0. The molecule has 0 unspecified atom stereocenters. The normalized spacial score (nSPS) is 8.33. The maximum absolute atomic E-state index is 5.36. The molecule has 1 aromatic carbocycles. The molecular formula is C9H9N2O. The Hall–Kier alpha value is -1.77. The molecule has 1 radical (unpaired) electrons. The van der Waals surface area contributed by atoms with Crippen molar-refractivity contribution in [1.29, 1.82) is 0 Å². The Bertz CT molecular complexity index is 261. The molecule has 0 atom stereocenters. The molecule has 1 heterocycles. The summed E-state index contributed by atoms with van der Waals surface area (Å²) in [6, 6.07) is 9.49. The van der Waals surface area contributed by atoms with Crippen LogP contribution in [0.25, 0.3) is 0 Å². The molecule has 0 saturated heterocycles. The van der Waals surface area contributed by atoms with Crippen molar-refractivity contribution in [2.45, 2.75) is 0 Å². The van der Waals surface area contributed by atoms with E-state index in [4.69, 9.17) is 5.73 Å². The van der Waals surface area contributed by atoms with Crippen LogP contribution in [-0.2, 0) is 0 Å². The average molecular weight is 161 g/mol. The third-order valence-electron chi connectivity index (χ3n) is 1.11. The van der Waals surface area contributed by atoms with Crippen molar-refractivity contribution >= 4 is 5.69 Å². The van der Waals surface area contributed by atoms with Gasteiger partial charge in [0.15, 0.2) is 0 Å². The maximum Gasteiger partial charge on any atom is 0.283 e. The summed E-state index contributed by atoms with van der Waals surface area (Å²) in [4.78, 5) is 3.43. The minimum atomic E-state index is 0.822. The van der Waals surface area contributed by atoms with Crippen molar-refractivity contribution in [2.24, 2.45) is 0 Å².